The number of hydrogen-bond donors (Lipinski definition) is 0. The molecule has 1 heterocycles. The normalized spacial score (nSPS) is 10.6. The van der Waals surface area contributed by atoms with E-state index in [4.69, 9.17) is 0 Å². The molecule has 3 aromatic rings. The molecular weight excluding hydrogens is 310 g/mol. The van der Waals surface area contributed by atoms with Crippen LogP contribution < -0.4 is 5.11 Å². The van der Waals surface area contributed by atoms with Gasteiger partial charge >= 0.3 is 0 Å². The molecule has 0 spiro atoms. The number of carbonyl (C=O) groups is 1. The second-order valence-electron chi connectivity index (χ2n) is 4.89. The first kappa shape index (κ1) is 15.3. The molecule has 2 aromatic carbocycles. The summed E-state index contributed by atoms with van der Waals surface area (Å²) in [6.07, 6.45) is 0.620. The van der Waals surface area contributed by atoms with Crippen molar-refractivity contribution in [2.75, 3.05) is 5.75 Å². The average molecular weight is 324 g/mol. The third kappa shape index (κ3) is 3.78. The van der Waals surface area contributed by atoms with Gasteiger partial charge in [0.2, 0.25) is 0 Å². The van der Waals surface area contributed by atoms with Gasteiger partial charge in [-0.05, 0) is 17.7 Å². The summed E-state index contributed by atoms with van der Waals surface area (Å²) in [5.74, 6) is -0.512. The van der Waals surface area contributed by atoms with Crippen molar-refractivity contribution in [3.05, 3.63) is 72.1 Å². The third-order valence-electron chi connectivity index (χ3n) is 3.24. The van der Waals surface area contributed by atoms with E-state index in [9.17, 15) is 9.90 Å². The Hall–Kier alpha value is -2.60. The molecule has 0 unspecified atom stereocenters. The zero-order chi connectivity index (χ0) is 16.1. The average Bonchev–Trinajstić information content (AvgIpc) is 2.97. The van der Waals surface area contributed by atoms with Crippen LogP contribution in [0.3, 0.4) is 0 Å². The zero-order valence-corrected chi connectivity index (χ0v) is 13.1. The van der Waals surface area contributed by atoms with Gasteiger partial charge in [0.15, 0.2) is 5.16 Å². The highest BCUT2D eigenvalue weighted by Crippen LogP contribution is 2.23. The summed E-state index contributed by atoms with van der Waals surface area (Å²) >= 11 is 1.11. The Bertz CT molecular complexity index is 788. The first-order valence-corrected chi connectivity index (χ1v) is 8.09. The number of hydrogen-bond acceptors (Lipinski definition) is 5. The van der Waals surface area contributed by atoms with E-state index in [1.54, 1.807) is 0 Å². The van der Waals surface area contributed by atoms with Gasteiger partial charge in [0.1, 0.15) is 5.82 Å². The van der Waals surface area contributed by atoms with Gasteiger partial charge < -0.3 is 9.90 Å². The predicted octanol–water partition coefficient (Wildman–Crippen LogP) is 1.70. The Kier molecular flexibility index (Phi) is 4.73. The van der Waals surface area contributed by atoms with Crippen molar-refractivity contribution in [3.8, 4) is 5.69 Å². The number of carbonyl (C=O) groups excluding carboxylic acids is 1. The smallest absolute Gasteiger partial charge is 0.196 e. The van der Waals surface area contributed by atoms with Crippen LogP contribution in [-0.2, 0) is 11.2 Å². The molecule has 0 aliphatic heterocycles. The molecule has 0 saturated carbocycles. The van der Waals surface area contributed by atoms with Crippen molar-refractivity contribution in [2.24, 2.45) is 0 Å². The molecule has 23 heavy (non-hydrogen) atoms. The van der Waals surface area contributed by atoms with Crippen molar-refractivity contribution in [3.63, 3.8) is 0 Å². The highest BCUT2D eigenvalue weighted by Gasteiger charge is 2.14. The van der Waals surface area contributed by atoms with Crippen LogP contribution in [-0.4, -0.2) is 26.5 Å². The Labute approximate surface area is 138 Å². The molecule has 6 heteroatoms. The number of benzene rings is 2. The molecule has 0 radical (unpaired) electrons. The number of thioether (sulfide) groups is 1. The molecule has 1 aromatic heterocycles. The number of aromatic nitrogens is 3. The second kappa shape index (κ2) is 7.11. The standard InChI is InChI=1S/C17H15N3O2S/c21-16(22)12-23-17-19-18-15(11-13-7-3-1-4-8-13)20(17)14-9-5-2-6-10-14/h1-10H,11-12H2,(H,21,22)/p-1. The van der Waals surface area contributed by atoms with Crippen molar-refractivity contribution < 1.29 is 9.90 Å². The summed E-state index contributed by atoms with van der Waals surface area (Å²) in [7, 11) is 0. The van der Waals surface area contributed by atoms with E-state index in [-0.39, 0.29) is 5.75 Å². The van der Waals surface area contributed by atoms with E-state index >= 15 is 0 Å². The minimum atomic E-state index is -1.12. The molecule has 5 nitrogen and oxygen atoms in total. The SMILES string of the molecule is O=C([O-])CSc1nnc(Cc2ccccc2)n1-c1ccccc1. The van der Waals surface area contributed by atoms with Gasteiger partial charge in [-0.2, -0.15) is 0 Å². The highest BCUT2D eigenvalue weighted by atomic mass is 32.2. The second-order valence-corrected chi connectivity index (χ2v) is 5.84. The lowest BCUT2D eigenvalue weighted by Gasteiger charge is -2.10. The predicted molar refractivity (Wildman–Crippen MR) is 86.3 cm³/mol. The summed E-state index contributed by atoms with van der Waals surface area (Å²) in [5.41, 5.74) is 2.03. The number of nitrogens with zero attached hydrogens (tertiary/aromatic N) is 3. The molecule has 0 N–H and O–H groups in total. The number of carboxylic acids is 1. The lowest BCUT2D eigenvalue weighted by Crippen LogP contribution is -2.24. The molecule has 0 aliphatic rings. The van der Waals surface area contributed by atoms with Gasteiger partial charge in [-0.3, -0.25) is 4.57 Å². The van der Waals surface area contributed by atoms with E-state index in [1.165, 1.54) is 0 Å². The molecule has 0 fully saturated rings. The fourth-order valence-electron chi connectivity index (χ4n) is 2.25. The lowest BCUT2D eigenvalue weighted by atomic mass is 10.1. The van der Waals surface area contributed by atoms with Crippen LogP contribution >= 0.6 is 11.8 Å². The minimum absolute atomic E-state index is 0.156. The van der Waals surface area contributed by atoms with Crippen LogP contribution in [0.25, 0.3) is 5.69 Å². The maximum atomic E-state index is 10.7. The van der Waals surface area contributed by atoms with E-state index in [0.29, 0.717) is 11.6 Å². The molecule has 0 aliphatic carbocycles. The maximum absolute atomic E-state index is 10.7. The van der Waals surface area contributed by atoms with Gasteiger partial charge in [-0.15, -0.1) is 10.2 Å². The van der Waals surface area contributed by atoms with Gasteiger partial charge in [-0.25, -0.2) is 0 Å². The van der Waals surface area contributed by atoms with Crippen LogP contribution in [0.1, 0.15) is 11.4 Å². The summed E-state index contributed by atoms with van der Waals surface area (Å²) in [5, 5.41) is 19.7. The summed E-state index contributed by atoms with van der Waals surface area (Å²) in [4.78, 5) is 10.7. The monoisotopic (exact) mass is 324 g/mol. The highest BCUT2D eigenvalue weighted by molar-refractivity contribution is 7.99. The zero-order valence-electron chi connectivity index (χ0n) is 12.3. The van der Waals surface area contributed by atoms with Crippen LogP contribution in [0.15, 0.2) is 65.8 Å². The first-order chi connectivity index (χ1) is 11.2. The van der Waals surface area contributed by atoms with E-state index in [0.717, 1.165) is 28.8 Å². The molecule has 0 saturated heterocycles. The lowest BCUT2D eigenvalue weighted by molar-refractivity contribution is -0.301. The van der Waals surface area contributed by atoms with Crippen molar-refractivity contribution in [1.82, 2.24) is 14.8 Å². The fraction of sp³-hybridized carbons (Fsp3) is 0.118. The number of para-hydroxylation sites is 1. The van der Waals surface area contributed by atoms with Crippen molar-refractivity contribution >= 4 is 17.7 Å². The molecular formula is C17H14N3O2S-. The Morgan fingerprint density at radius 2 is 1.65 bits per heavy atom. The quantitative estimate of drug-likeness (QED) is 0.645. The molecule has 0 amide bonds. The van der Waals surface area contributed by atoms with Gasteiger partial charge in [0.05, 0.1) is 5.97 Å². The van der Waals surface area contributed by atoms with Crippen LogP contribution in [0.4, 0.5) is 0 Å². The Morgan fingerprint density at radius 1 is 1.00 bits per heavy atom. The first-order valence-electron chi connectivity index (χ1n) is 7.10. The Morgan fingerprint density at radius 3 is 2.30 bits per heavy atom. The van der Waals surface area contributed by atoms with E-state index in [1.807, 2.05) is 65.2 Å². The molecule has 3 rings (SSSR count). The topological polar surface area (TPSA) is 70.8 Å². The van der Waals surface area contributed by atoms with E-state index < -0.39 is 5.97 Å². The fourth-order valence-corrected chi connectivity index (χ4v) is 2.93. The van der Waals surface area contributed by atoms with Crippen molar-refractivity contribution in [2.45, 2.75) is 11.6 Å². The summed E-state index contributed by atoms with van der Waals surface area (Å²) in [6.45, 7) is 0. The number of rotatable bonds is 6. The van der Waals surface area contributed by atoms with Crippen LogP contribution in [0.5, 0.6) is 0 Å². The van der Waals surface area contributed by atoms with E-state index in [2.05, 4.69) is 10.2 Å². The van der Waals surface area contributed by atoms with Gasteiger partial charge in [0.25, 0.3) is 0 Å². The summed E-state index contributed by atoms with van der Waals surface area (Å²) in [6, 6.07) is 19.6. The molecule has 0 atom stereocenters. The largest absolute Gasteiger partial charge is 0.549 e. The van der Waals surface area contributed by atoms with Gasteiger partial charge in [0, 0.05) is 17.9 Å². The van der Waals surface area contributed by atoms with Crippen LogP contribution in [0.2, 0.25) is 0 Å². The third-order valence-corrected chi connectivity index (χ3v) is 4.14. The maximum Gasteiger partial charge on any atom is 0.196 e. The summed E-state index contributed by atoms with van der Waals surface area (Å²) < 4.78 is 1.89. The molecule has 116 valence electrons. The Balaban J connectivity index is 1.97. The van der Waals surface area contributed by atoms with Crippen molar-refractivity contribution in [1.29, 1.82) is 0 Å². The number of aliphatic carboxylic acids is 1. The number of carboxylic acid groups (broad SMARTS) is 1. The van der Waals surface area contributed by atoms with Gasteiger partial charge in [-0.1, -0.05) is 60.3 Å². The van der Waals surface area contributed by atoms with Crippen LogP contribution in [0, 0.1) is 0 Å². The molecule has 0 bridgehead atoms. The minimum Gasteiger partial charge on any atom is -0.549 e.